The van der Waals surface area contributed by atoms with Gasteiger partial charge in [-0.15, -0.1) is 0 Å². The molecule has 0 spiro atoms. The predicted octanol–water partition coefficient (Wildman–Crippen LogP) is 1.04. The summed E-state index contributed by atoms with van der Waals surface area (Å²) >= 11 is 0. The molecule has 1 fully saturated rings. The Hall–Kier alpha value is -2.45. The fourth-order valence-electron chi connectivity index (χ4n) is 2.61. The maximum absolute atomic E-state index is 11.8. The molecule has 3 rings (SSSR count). The monoisotopic (exact) mass is 345 g/mol. The molecule has 0 aromatic carbocycles. The van der Waals surface area contributed by atoms with E-state index in [9.17, 15) is 4.79 Å². The topological polar surface area (TPSA) is 81.5 Å². The van der Waals surface area contributed by atoms with Crippen LogP contribution in [0.3, 0.4) is 0 Å². The molecule has 0 atom stereocenters. The van der Waals surface area contributed by atoms with Crippen molar-refractivity contribution in [3.63, 3.8) is 0 Å². The average molecular weight is 345 g/mol. The second kappa shape index (κ2) is 8.59. The van der Waals surface area contributed by atoms with E-state index in [1.165, 1.54) is 0 Å². The van der Waals surface area contributed by atoms with Crippen LogP contribution in [-0.2, 0) is 23.1 Å². The summed E-state index contributed by atoms with van der Waals surface area (Å²) < 4.78 is 12.2. The van der Waals surface area contributed by atoms with Crippen molar-refractivity contribution < 1.29 is 14.3 Å². The molecule has 8 nitrogen and oxygen atoms in total. The van der Waals surface area contributed by atoms with Crippen LogP contribution >= 0.6 is 0 Å². The van der Waals surface area contributed by atoms with Crippen molar-refractivity contribution in [2.45, 2.75) is 6.54 Å². The van der Waals surface area contributed by atoms with Gasteiger partial charge in [0.05, 0.1) is 25.1 Å². The zero-order chi connectivity index (χ0) is 17.5. The summed E-state index contributed by atoms with van der Waals surface area (Å²) in [5, 5.41) is 6.91. The Morgan fingerprint density at radius 2 is 2.24 bits per heavy atom. The van der Waals surface area contributed by atoms with Crippen LogP contribution in [0.25, 0.3) is 11.3 Å². The van der Waals surface area contributed by atoms with Gasteiger partial charge in [-0.3, -0.25) is 14.6 Å². The standard InChI is InChI=1S/C17H23N5O3/c1-21-13-15(12-20-21)16-10-14(2-3-18-16)11-19-17(23)25-9-6-22-4-7-24-8-5-22/h2-3,10,12-13H,4-9,11H2,1H3,(H,19,23). The number of rotatable bonds is 6. The summed E-state index contributed by atoms with van der Waals surface area (Å²) in [6.45, 7) is 4.77. The molecule has 0 saturated carbocycles. The molecule has 1 N–H and O–H groups in total. The fourth-order valence-corrected chi connectivity index (χ4v) is 2.61. The number of morpholine rings is 1. The molecule has 25 heavy (non-hydrogen) atoms. The van der Waals surface area contributed by atoms with Crippen molar-refractivity contribution in [1.82, 2.24) is 25.0 Å². The lowest BCUT2D eigenvalue weighted by atomic mass is 10.1. The third kappa shape index (κ3) is 5.27. The number of aryl methyl sites for hydroxylation is 1. The molecule has 2 aromatic heterocycles. The molecule has 1 aliphatic rings. The molecule has 0 bridgehead atoms. The third-order valence-corrected chi connectivity index (χ3v) is 4.01. The van der Waals surface area contributed by atoms with Gasteiger partial charge in [-0.25, -0.2) is 4.79 Å². The summed E-state index contributed by atoms with van der Waals surface area (Å²) in [6.07, 6.45) is 4.98. The number of hydrogen-bond acceptors (Lipinski definition) is 6. The average Bonchev–Trinajstić information content (AvgIpc) is 3.08. The predicted molar refractivity (Wildman–Crippen MR) is 91.9 cm³/mol. The van der Waals surface area contributed by atoms with Gasteiger partial charge >= 0.3 is 6.09 Å². The van der Waals surface area contributed by atoms with Gasteiger partial charge in [0.1, 0.15) is 6.61 Å². The Bertz CT molecular complexity index is 697. The number of nitrogens with one attached hydrogen (secondary N) is 1. The normalized spacial score (nSPS) is 15.1. The molecule has 8 heteroatoms. The Kier molecular flexibility index (Phi) is 5.97. The third-order valence-electron chi connectivity index (χ3n) is 4.01. The Labute approximate surface area is 146 Å². The molecule has 2 aromatic rings. The second-order valence-corrected chi connectivity index (χ2v) is 5.90. The Balaban J connectivity index is 1.42. The van der Waals surface area contributed by atoms with Gasteiger partial charge in [0, 0.05) is 51.2 Å². The highest BCUT2D eigenvalue weighted by atomic mass is 16.5. The number of ether oxygens (including phenoxy) is 2. The van der Waals surface area contributed by atoms with E-state index in [0.29, 0.717) is 13.2 Å². The molecule has 1 saturated heterocycles. The lowest BCUT2D eigenvalue weighted by molar-refractivity contribution is 0.0281. The first-order chi connectivity index (χ1) is 12.2. The van der Waals surface area contributed by atoms with E-state index in [2.05, 4.69) is 20.3 Å². The smallest absolute Gasteiger partial charge is 0.407 e. The lowest BCUT2D eigenvalue weighted by Gasteiger charge is -2.26. The van der Waals surface area contributed by atoms with E-state index in [-0.39, 0.29) is 0 Å². The van der Waals surface area contributed by atoms with E-state index < -0.39 is 6.09 Å². The molecule has 1 aliphatic heterocycles. The van der Waals surface area contributed by atoms with Gasteiger partial charge in [0.15, 0.2) is 0 Å². The van der Waals surface area contributed by atoms with Gasteiger partial charge in [-0.05, 0) is 17.7 Å². The van der Waals surface area contributed by atoms with Crippen LogP contribution in [0.1, 0.15) is 5.56 Å². The molecular formula is C17H23N5O3. The van der Waals surface area contributed by atoms with E-state index in [4.69, 9.17) is 9.47 Å². The van der Waals surface area contributed by atoms with Crippen LogP contribution in [0.4, 0.5) is 4.79 Å². The Morgan fingerprint density at radius 3 is 3.00 bits per heavy atom. The van der Waals surface area contributed by atoms with Crippen molar-refractivity contribution in [3.8, 4) is 11.3 Å². The highest BCUT2D eigenvalue weighted by molar-refractivity contribution is 5.67. The van der Waals surface area contributed by atoms with Crippen LogP contribution in [-0.4, -0.2) is 65.2 Å². The molecule has 0 aliphatic carbocycles. The maximum atomic E-state index is 11.8. The summed E-state index contributed by atoms with van der Waals surface area (Å²) in [5.41, 5.74) is 2.73. The zero-order valence-corrected chi connectivity index (χ0v) is 14.4. The number of hydrogen-bond donors (Lipinski definition) is 1. The van der Waals surface area contributed by atoms with Gasteiger partial charge in [-0.2, -0.15) is 5.10 Å². The van der Waals surface area contributed by atoms with Crippen LogP contribution < -0.4 is 5.32 Å². The van der Waals surface area contributed by atoms with Crippen molar-refractivity contribution in [2.75, 3.05) is 39.5 Å². The fraction of sp³-hybridized carbons (Fsp3) is 0.471. The van der Waals surface area contributed by atoms with Crippen molar-refractivity contribution in [1.29, 1.82) is 0 Å². The molecule has 3 heterocycles. The van der Waals surface area contributed by atoms with Gasteiger partial charge in [0.25, 0.3) is 0 Å². The van der Waals surface area contributed by atoms with Crippen molar-refractivity contribution in [2.24, 2.45) is 7.05 Å². The lowest BCUT2D eigenvalue weighted by Crippen LogP contribution is -2.39. The molecule has 0 radical (unpaired) electrons. The minimum atomic E-state index is -0.409. The van der Waals surface area contributed by atoms with E-state index in [1.54, 1.807) is 17.1 Å². The molecular weight excluding hydrogens is 322 g/mol. The molecule has 0 unspecified atom stereocenters. The quantitative estimate of drug-likeness (QED) is 0.842. The summed E-state index contributed by atoms with van der Waals surface area (Å²) in [5.74, 6) is 0. The maximum Gasteiger partial charge on any atom is 0.407 e. The number of alkyl carbamates (subject to hydrolysis) is 1. The highest BCUT2D eigenvalue weighted by Gasteiger charge is 2.11. The minimum absolute atomic E-state index is 0.378. The van der Waals surface area contributed by atoms with E-state index >= 15 is 0 Å². The first kappa shape index (κ1) is 17.4. The number of aromatic nitrogens is 3. The summed E-state index contributed by atoms with van der Waals surface area (Å²) in [4.78, 5) is 18.4. The van der Waals surface area contributed by atoms with Gasteiger partial charge in [0.2, 0.25) is 0 Å². The first-order valence-electron chi connectivity index (χ1n) is 8.35. The first-order valence-corrected chi connectivity index (χ1v) is 8.35. The zero-order valence-electron chi connectivity index (χ0n) is 14.4. The number of carbonyl (C=O) groups excluding carboxylic acids is 1. The number of amides is 1. The summed E-state index contributed by atoms with van der Waals surface area (Å²) in [7, 11) is 1.86. The summed E-state index contributed by atoms with van der Waals surface area (Å²) in [6, 6.07) is 3.80. The second-order valence-electron chi connectivity index (χ2n) is 5.90. The number of pyridine rings is 1. The largest absolute Gasteiger partial charge is 0.448 e. The molecule has 134 valence electrons. The van der Waals surface area contributed by atoms with Gasteiger partial charge < -0.3 is 14.8 Å². The van der Waals surface area contributed by atoms with Crippen molar-refractivity contribution in [3.05, 3.63) is 36.3 Å². The minimum Gasteiger partial charge on any atom is -0.448 e. The van der Waals surface area contributed by atoms with Crippen LogP contribution in [0, 0.1) is 0 Å². The number of nitrogens with zero attached hydrogens (tertiary/aromatic N) is 4. The van der Waals surface area contributed by atoms with E-state index in [0.717, 1.165) is 49.7 Å². The SMILES string of the molecule is Cn1cc(-c2cc(CNC(=O)OCCN3CCOCC3)ccn2)cn1. The number of carbonyl (C=O) groups is 1. The van der Waals surface area contributed by atoms with E-state index in [1.807, 2.05) is 25.4 Å². The van der Waals surface area contributed by atoms with Crippen LogP contribution in [0.15, 0.2) is 30.7 Å². The highest BCUT2D eigenvalue weighted by Crippen LogP contribution is 2.16. The van der Waals surface area contributed by atoms with Crippen LogP contribution in [0.5, 0.6) is 0 Å². The Morgan fingerprint density at radius 1 is 1.40 bits per heavy atom. The van der Waals surface area contributed by atoms with Crippen LogP contribution in [0.2, 0.25) is 0 Å². The van der Waals surface area contributed by atoms with Crippen molar-refractivity contribution >= 4 is 6.09 Å². The van der Waals surface area contributed by atoms with Gasteiger partial charge in [-0.1, -0.05) is 0 Å². The molecule has 1 amide bonds.